The van der Waals surface area contributed by atoms with Crippen molar-refractivity contribution in [3.8, 4) is 0 Å². The van der Waals surface area contributed by atoms with Crippen LogP contribution in [0.25, 0.3) is 0 Å². The first-order valence-electron chi connectivity index (χ1n) is 7.04. The summed E-state index contributed by atoms with van der Waals surface area (Å²) in [7, 11) is 3.67. The molecule has 22 heavy (non-hydrogen) atoms. The van der Waals surface area contributed by atoms with Gasteiger partial charge in [0, 0.05) is 27.2 Å². The van der Waals surface area contributed by atoms with E-state index in [1.54, 1.807) is 23.5 Å². The van der Waals surface area contributed by atoms with Crippen LogP contribution in [0.4, 0.5) is 5.82 Å². The molecule has 1 aromatic heterocycles. The van der Waals surface area contributed by atoms with Crippen LogP contribution < -0.4 is 5.69 Å². The molecule has 0 radical (unpaired) electrons. The van der Waals surface area contributed by atoms with E-state index in [1.165, 1.54) is 11.5 Å². The van der Waals surface area contributed by atoms with Gasteiger partial charge in [0.25, 0.3) is 0 Å². The van der Waals surface area contributed by atoms with Crippen molar-refractivity contribution in [3.63, 3.8) is 0 Å². The second kappa shape index (κ2) is 7.17. The summed E-state index contributed by atoms with van der Waals surface area (Å²) in [4.78, 5) is 32.6. The Kier molecular flexibility index (Phi) is 5.26. The lowest BCUT2D eigenvalue weighted by atomic mass is 10.2. The van der Waals surface area contributed by atoms with Crippen molar-refractivity contribution in [3.05, 3.63) is 22.7 Å². The molecule has 0 spiro atoms. The summed E-state index contributed by atoms with van der Waals surface area (Å²) in [5.74, 6) is 0.0124. The zero-order chi connectivity index (χ0) is 16.1. The predicted octanol–water partition coefficient (Wildman–Crippen LogP) is 0.705. The third kappa shape index (κ3) is 4.39. The van der Waals surface area contributed by atoms with Gasteiger partial charge in [-0.15, -0.1) is 0 Å². The first kappa shape index (κ1) is 16.2. The molecule has 0 saturated carbocycles. The van der Waals surface area contributed by atoms with E-state index in [4.69, 9.17) is 9.47 Å². The minimum Gasteiger partial charge on any atom is -0.463 e. The van der Waals surface area contributed by atoms with Crippen LogP contribution in [0.3, 0.4) is 0 Å². The van der Waals surface area contributed by atoms with E-state index in [0.717, 1.165) is 6.42 Å². The first-order chi connectivity index (χ1) is 10.5. The number of aliphatic imine (C=N–C) groups is 1. The Bertz CT molecular complexity index is 611. The molecule has 1 fully saturated rings. The third-order valence-corrected chi connectivity index (χ3v) is 3.10. The summed E-state index contributed by atoms with van der Waals surface area (Å²) in [6.07, 6.45) is 4.03. The van der Waals surface area contributed by atoms with Crippen LogP contribution in [-0.4, -0.2) is 53.6 Å². The summed E-state index contributed by atoms with van der Waals surface area (Å²) in [6.45, 7) is 1.56. The zero-order valence-corrected chi connectivity index (χ0v) is 12.9. The van der Waals surface area contributed by atoms with E-state index < -0.39 is 5.69 Å². The normalized spacial score (nSPS) is 21.2. The number of hydrogen-bond donors (Lipinski definition) is 0. The lowest BCUT2D eigenvalue weighted by Crippen LogP contribution is -2.27. The quantitative estimate of drug-likeness (QED) is 0.452. The average molecular weight is 308 g/mol. The average Bonchev–Trinajstić information content (AvgIpc) is 2.91. The van der Waals surface area contributed by atoms with Crippen LogP contribution in [-0.2, 0) is 14.3 Å². The maximum absolute atomic E-state index is 12.0. The second-order valence-electron chi connectivity index (χ2n) is 5.28. The largest absolute Gasteiger partial charge is 0.463 e. The molecule has 2 rings (SSSR count). The predicted molar refractivity (Wildman–Crippen MR) is 80.1 cm³/mol. The van der Waals surface area contributed by atoms with Crippen LogP contribution in [0.2, 0.25) is 0 Å². The minimum atomic E-state index is -0.411. The van der Waals surface area contributed by atoms with E-state index in [1.807, 2.05) is 14.1 Å². The molecule has 0 amide bonds. The fourth-order valence-electron chi connectivity index (χ4n) is 2.09. The maximum atomic E-state index is 12.0. The summed E-state index contributed by atoms with van der Waals surface area (Å²) in [5.41, 5.74) is -0.411. The Morgan fingerprint density at radius 3 is 3.00 bits per heavy atom. The topological polar surface area (TPSA) is 86.0 Å². The van der Waals surface area contributed by atoms with Crippen molar-refractivity contribution in [2.45, 2.75) is 32.1 Å². The Balaban J connectivity index is 2.01. The van der Waals surface area contributed by atoms with Crippen LogP contribution in [0.1, 0.15) is 26.0 Å². The van der Waals surface area contributed by atoms with E-state index in [2.05, 4.69) is 9.98 Å². The third-order valence-electron chi connectivity index (χ3n) is 3.10. The number of ether oxygens (including phenoxy) is 2. The molecule has 0 aromatic carbocycles. The Hall–Kier alpha value is -2.22. The highest BCUT2D eigenvalue weighted by atomic mass is 16.6. The molecule has 0 aliphatic carbocycles. The number of carbonyl (C=O) groups is 1. The van der Waals surface area contributed by atoms with Crippen molar-refractivity contribution < 1.29 is 14.3 Å². The van der Waals surface area contributed by atoms with Gasteiger partial charge in [0.2, 0.25) is 0 Å². The van der Waals surface area contributed by atoms with Crippen LogP contribution in [0.15, 0.2) is 22.1 Å². The molecule has 8 nitrogen and oxygen atoms in total. The number of aromatic nitrogens is 2. The maximum Gasteiger partial charge on any atom is 0.351 e. The number of rotatable bonds is 5. The van der Waals surface area contributed by atoms with Gasteiger partial charge < -0.3 is 14.4 Å². The molecule has 1 aromatic rings. The highest BCUT2D eigenvalue weighted by molar-refractivity contribution is 5.65. The van der Waals surface area contributed by atoms with E-state index >= 15 is 0 Å². The van der Waals surface area contributed by atoms with E-state index in [-0.39, 0.29) is 24.9 Å². The van der Waals surface area contributed by atoms with Gasteiger partial charge in [-0.3, -0.25) is 9.36 Å². The van der Waals surface area contributed by atoms with Crippen LogP contribution >= 0.6 is 0 Å². The molecular formula is C14H20N4O4. The molecule has 0 N–H and O–H groups in total. The zero-order valence-electron chi connectivity index (χ0n) is 12.9. The molecule has 0 bridgehead atoms. The molecule has 120 valence electrons. The number of esters is 1. The monoisotopic (exact) mass is 308 g/mol. The standard InChI is InChI=1S/C14H20N4O4/c1-10(19)21-8-11-4-5-13(22-11)18-7-6-12(16-14(18)20)15-9-17(2)3/h6-7,9,11,13H,4-5,8H2,1-3H3/t11-,13+/m0/s1. The molecule has 0 unspecified atom stereocenters. The van der Waals surface area contributed by atoms with E-state index in [0.29, 0.717) is 12.2 Å². The smallest absolute Gasteiger partial charge is 0.351 e. The van der Waals surface area contributed by atoms with Crippen molar-refractivity contribution in [1.82, 2.24) is 14.5 Å². The van der Waals surface area contributed by atoms with Gasteiger partial charge in [-0.2, -0.15) is 4.98 Å². The summed E-state index contributed by atoms with van der Waals surface area (Å²) in [5, 5.41) is 0. The SMILES string of the molecule is CC(=O)OC[C@@H]1CC[C@H](n2ccc(N=CN(C)C)nc2=O)O1. The molecule has 1 aliphatic rings. The van der Waals surface area contributed by atoms with Gasteiger partial charge in [0.15, 0.2) is 5.82 Å². The van der Waals surface area contributed by atoms with E-state index in [9.17, 15) is 9.59 Å². The molecule has 8 heteroatoms. The van der Waals surface area contributed by atoms with Crippen LogP contribution in [0, 0.1) is 0 Å². The first-order valence-corrected chi connectivity index (χ1v) is 7.04. The summed E-state index contributed by atoms with van der Waals surface area (Å²) in [6, 6.07) is 1.66. The van der Waals surface area contributed by atoms with Gasteiger partial charge >= 0.3 is 11.7 Å². The fraction of sp³-hybridized carbons (Fsp3) is 0.571. The Labute approximate surface area is 128 Å². The summed E-state index contributed by atoms with van der Waals surface area (Å²) >= 11 is 0. The van der Waals surface area contributed by atoms with Crippen molar-refractivity contribution >= 4 is 18.1 Å². The highest BCUT2D eigenvalue weighted by Gasteiger charge is 2.28. The number of hydrogen-bond acceptors (Lipinski definition) is 6. The van der Waals surface area contributed by atoms with Gasteiger partial charge in [0.05, 0.1) is 12.4 Å². The molecular weight excluding hydrogens is 288 g/mol. The molecule has 1 aliphatic heterocycles. The second-order valence-corrected chi connectivity index (χ2v) is 5.28. The Morgan fingerprint density at radius 2 is 2.36 bits per heavy atom. The van der Waals surface area contributed by atoms with Gasteiger partial charge in [-0.25, -0.2) is 9.79 Å². The van der Waals surface area contributed by atoms with Gasteiger partial charge in [-0.1, -0.05) is 0 Å². The molecule has 2 atom stereocenters. The van der Waals surface area contributed by atoms with Crippen LogP contribution in [0.5, 0.6) is 0 Å². The lowest BCUT2D eigenvalue weighted by Gasteiger charge is -2.15. The lowest BCUT2D eigenvalue weighted by molar-refractivity contribution is -0.145. The number of carbonyl (C=O) groups excluding carboxylic acids is 1. The fourth-order valence-corrected chi connectivity index (χ4v) is 2.09. The van der Waals surface area contributed by atoms with Gasteiger partial charge in [0.1, 0.15) is 12.8 Å². The van der Waals surface area contributed by atoms with Crippen molar-refractivity contribution in [2.75, 3.05) is 20.7 Å². The molecule has 1 saturated heterocycles. The van der Waals surface area contributed by atoms with Crippen molar-refractivity contribution in [2.24, 2.45) is 4.99 Å². The minimum absolute atomic E-state index is 0.188. The van der Waals surface area contributed by atoms with Crippen molar-refractivity contribution in [1.29, 1.82) is 0 Å². The number of nitrogens with zero attached hydrogens (tertiary/aromatic N) is 4. The van der Waals surface area contributed by atoms with Gasteiger partial charge in [-0.05, 0) is 18.9 Å². The Morgan fingerprint density at radius 1 is 1.59 bits per heavy atom. The summed E-state index contributed by atoms with van der Waals surface area (Å²) < 4.78 is 12.1. The highest BCUT2D eigenvalue weighted by Crippen LogP contribution is 2.27. The molecule has 2 heterocycles.